The lowest BCUT2D eigenvalue weighted by Crippen LogP contribution is -2.50. The summed E-state index contributed by atoms with van der Waals surface area (Å²) >= 11 is 0. The van der Waals surface area contributed by atoms with Gasteiger partial charge in [-0.25, -0.2) is 4.90 Å². The molecule has 1 aliphatic rings. The van der Waals surface area contributed by atoms with Gasteiger partial charge < -0.3 is 15.4 Å². The van der Waals surface area contributed by atoms with E-state index in [0.29, 0.717) is 13.0 Å². The van der Waals surface area contributed by atoms with Crippen LogP contribution in [0, 0.1) is 10.1 Å². The number of benzene rings is 1. The van der Waals surface area contributed by atoms with Crippen LogP contribution in [-0.4, -0.2) is 38.6 Å². The Morgan fingerprint density at radius 2 is 2.13 bits per heavy atom. The first-order chi connectivity index (χ1) is 11.1. The number of nitrogens with zero attached hydrogens (tertiary/aromatic N) is 4. The minimum absolute atomic E-state index is 0.0838. The van der Waals surface area contributed by atoms with Gasteiger partial charge >= 0.3 is 5.82 Å². The van der Waals surface area contributed by atoms with Gasteiger partial charge in [0.2, 0.25) is 5.91 Å². The molecule has 3 rings (SSSR count). The lowest BCUT2D eigenvalue weighted by atomic mass is 9.94. The Bertz CT molecular complexity index is 742. The Kier molecular flexibility index (Phi) is 4.07. The van der Waals surface area contributed by atoms with E-state index in [2.05, 4.69) is 10.4 Å². The molecule has 2 heterocycles. The first kappa shape index (κ1) is 15.2. The lowest BCUT2D eigenvalue weighted by Gasteiger charge is -2.34. The Morgan fingerprint density at radius 1 is 1.39 bits per heavy atom. The topological polar surface area (TPSA) is 93.3 Å². The maximum atomic E-state index is 12.2. The number of hydrogen-bond donors (Lipinski definition) is 1. The third-order valence-corrected chi connectivity index (χ3v) is 4.09. The fourth-order valence-electron chi connectivity index (χ4n) is 2.91. The van der Waals surface area contributed by atoms with Crippen molar-refractivity contribution in [2.45, 2.75) is 25.7 Å². The van der Waals surface area contributed by atoms with Crippen LogP contribution in [0.1, 0.15) is 11.1 Å². The molecule has 120 valence electrons. The average Bonchev–Trinajstić information content (AvgIpc) is 3.02. The van der Waals surface area contributed by atoms with Gasteiger partial charge in [0.25, 0.3) is 0 Å². The molecule has 23 heavy (non-hydrogen) atoms. The fraction of sp³-hybridized carbons (Fsp3) is 0.333. The molecule has 0 spiro atoms. The minimum Gasteiger partial charge on any atom is -0.358 e. The summed E-state index contributed by atoms with van der Waals surface area (Å²) in [5, 5.41) is 17.7. The average molecular weight is 315 g/mol. The summed E-state index contributed by atoms with van der Waals surface area (Å²) in [6.07, 6.45) is 1.97. The van der Waals surface area contributed by atoms with E-state index in [1.165, 1.54) is 16.9 Å². The summed E-state index contributed by atoms with van der Waals surface area (Å²) in [4.78, 5) is 24.7. The number of fused-ring (bicyclic) bond motifs is 1. The summed E-state index contributed by atoms with van der Waals surface area (Å²) in [7, 11) is 1.59. The molecule has 0 saturated carbocycles. The molecule has 1 atom stereocenters. The number of amides is 1. The van der Waals surface area contributed by atoms with E-state index in [4.69, 9.17) is 0 Å². The van der Waals surface area contributed by atoms with Crippen LogP contribution in [0.5, 0.6) is 0 Å². The van der Waals surface area contributed by atoms with Gasteiger partial charge in [0, 0.05) is 13.6 Å². The highest BCUT2D eigenvalue weighted by atomic mass is 16.6. The number of nitro groups is 1. The van der Waals surface area contributed by atoms with Crippen molar-refractivity contribution in [3.05, 3.63) is 57.8 Å². The van der Waals surface area contributed by atoms with E-state index in [1.54, 1.807) is 7.05 Å². The van der Waals surface area contributed by atoms with Crippen molar-refractivity contribution in [2.24, 2.45) is 0 Å². The van der Waals surface area contributed by atoms with Gasteiger partial charge in [0.05, 0.1) is 18.3 Å². The number of carbonyl (C=O) groups is 1. The van der Waals surface area contributed by atoms with Crippen molar-refractivity contribution in [3.8, 4) is 0 Å². The van der Waals surface area contributed by atoms with E-state index in [1.807, 2.05) is 29.2 Å². The Morgan fingerprint density at radius 3 is 2.83 bits per heavy atom. The van der Waals surface area contributed by atoms with Crippen LogP contribution in [0.25, 0.3) is 0 Å². The zero-order chi connectivity index (χ0) is 16.4. The van der Waals surface area contributed by atoms with Crippen molar-refractivity contribution in [3.63, 3.8) is 0 Å². The second-order valence-electron chi connectivity index (χ2n) is 5.44. The quantitative estimate of drug-likeness (QED) is 0.669. The molecule has 1 aromatic heterocycles. The van der Waals surface area contributed by atoms with Gasteiger partial charge in [-0.1, -0.05) is 29.4 Å². The molecule has 0 bridgehead atoms. The van der Waals surface area contributed by atoms with Crippen LogP contribution in [0.3, 0.4) is 0 Å². The van der Waals surface area contributed by atoms with Crippen molar-refractivity contribution < 1.29 is 9.72 Å². The highest BCUT2D eigenvalue weighted by Crippen LogP contribution is 2.24. The SMILES string of the molecule is CNC(=O)[C@@H]1Cc2ccccc2CN1Cn1nccc1[N+](=O)[O-]. The van der Waals surface area contributed by atoms with E-state index in [0.717, 1.165) is 11.1 Å². The maximum Gasteiger partial charge on any atom is 0.346 e. The first-order valence-corrected chi connectivity index (χ1v) is 7.28. The Hall–Kier alpha value is -2.74. The van der Waals surface area contributed by atoms with Gasteiger partial charge in [-0.05, 0) is 22.5 Å². The molecule has 1 amide bonds. The van der Waals surface area contributed by atoms with Crippen LogP contribution >= 0.6 is 0 Å². The number of carbonyl (C=O) groups excluding carboxylic acids is 1. The van der Waals surface area contributed by atoms with Crippen LogP contribution in [0.15, 0.2) is 36.5 Å². The van der Waals surface area contributed by atoms with E-state index in [9.17, 15) is 14.9 Å². The monoisotopic (exact) mass is 315 g/mol. The summed E-state index contributed by atoms with van der Waals surface area (Å²) in [5.41, 5.74) is 2.26. The number of aromatic nitrogens is 2. The number of hydrogen-bond acceptors (Lipinski definition) is 5. The molecule has 1 N–H and O–H groups in total. The molecule has 0 radical (unpaired) electrons. The molecule has 0 unspecified atom stereocenters. The summed E-state index contributed by atoms with van der Waals surface area (Å²) in [5.74, 6) is -0.186. The molecule has 1 aromatic carbocycles. The Labute approximate surface area is 132 Å². The van der Waals surface area contributed by atoms with Crippen LogP contribution < -0.4 is 5.32 Å². The normalized spacial score (nSPS) is 17.5. The number of nitrogens with one attached hydrogen (secondary N) is 1. The fourth-order valence-corrected chi connectivity index (χ4v) is 2.91. The maximum absolute atomic E-state index is 12.2. The molecule has 0 fully saturated rings. The zero-order valence-corrected chi connectivity index (χ0v) is 12.7. The molecule has 2 aromatic rings. The largest absolute Gasteiger partial charge is 0.358 e. The van der Waals surface area contributed by atoms with Gasteiger partial charge in [0.1, 0.15) is 0 Å². The van der Waals surface area contributed by atoms with Crippen LogP contribution in [0.2, 0.25) is 0 Å². The molecule has 0 saturated heterocycles. The van der Waals surface area contributed by atoms with E-state index >= 15 is 0 Å². The van der Waals surface area contributed by atoms with Crippen molar-refractivity contribution in [1.29, 1.82) is 0 Å². The molecule has 8 nitrogen and oxygen atoms in total. The van der Waals surface area contributed by atoms with Gasteiger partial charge in [-0.15, -0.1) is 4.68 Å². The van der Waals surface area contributed by atoms with Crippen LogP contribution in [0.4, 0.5) is 5.82 Å². The molecule has 8 heteroatoms. The van der Waals surface area contributed by atoms with E-state index < -0.39 is 4.92 Å². The second kappa shape index (κ2) is 6.17. The Balaban J connectivity index is 1.90. The van der Waals surface area contributed by atoms with Gasteiger partial charge in [0.15, 0.2) is 6.67 Å². The second-order valence-corrected chi connectivity index (χ2v) is 5.44. The predicted octanol–water partition coefficient (Wildman–Crippen LogP) is 0.922. The first-order valence-electron chi connectivity index (χ1n) is 7.28. The van der Waals surface area contributed by atoms with Gasteiger partial charge in [-0.2, -0.15) is 0 Å². The standard InChI is InChI=1S/C15H17N5O3/c1-16-15(21)13-8-11-4-2-3-5-12(11)9-18(13)10-19-14(20(22)23)6-7-17-19/h2-7,13H,8-10H2,1H3,(H,16,21)/t13-/m0/s1. The highest BCUT2D eigenvalue weighted by molar-refractivity contribution is 5.82. The van der Waals surface area contributed by atoms with Crippen LogP contribution in [-0.2, 0) is 24.4 Å². The van der Waals surface area contributed by atoms with Crippen molar-refractivity contribution in [1.82, 2.24) is 20.0 Å². The summed E-state index contributed by atoms with van der Waals surface area (Å²) in [6.45, 7) is 0.737. The molecular formula is C15H17N5O3. The number of rotatable bonds is 4. The number of likely N-dealkylation sites (N-methyl/N-ethyl adjacent to an activating group) is 1. The molecular weight excluding hydrogens is 298 g/mol. The third kappa shape index (κ3) is 2.93. The van der Waals surface area contributed by atoms with Gasteiger partial charge in [-0.3, -0.25) is 4.79 Å². The summed E-state index contributed by atoms with van der Waals surface area (Å²) < 4.78 is 1.31. The lowest BCUT2D eigenvalue weighted by molar-refractivity contribution is -0.393. The third-order valence-electron chi connectivity index (χ3n) is 4.09. The zero-order valence-electron chi connectivity index (χ0n) is 12.7. The molecule has 1 aliphatic heterocycles. The van der Waals surface area contributed by atoms with E-state index in [-0.39, 0.29) is 24.4 Å². The summed E-state index contributed by atoms with van der Waals surface area (Å²) in [6, 6.07) is 8.91. The smallest absolute Gasteiger partial charge is 0.346 e. The highest BCUT2D eigenvalue weighted by Gasteiger charge is 2.33. The van der Waals surface area contributed by atoms with Crippen molar-refractivity contribution in [2.75, 3.05) is 7.05 Å². The predicted molar refractivity (Wildman–Crippen MR) is 82.4 cm³/mol. The molecule has 0 aliphatic carbocycles. The minimum atomic E-state index is -0.472. The van der Waals surface area contributed by atoms with Crippen molar-refractivity contribution >= 4 is 11.7 Å².